The lowest BCUT2D eigenvalue weighted by Gasteiger charge is -2.40. The highest BCUT2D eigenvalue weighted by atomic mass is 32.2. The van der Waals surface area contributed by atoms with E-state index in [1.807, 2.05) is 11.6 Å². The van der Waals surface area contributed by atoms with Crippen LogP contribution in [0.2, 0.25) is 0 Å². The van der Waals surface area contributed by atoms with Crippen molar-refractivity contribution < 1.29 is 9.53 Å². The first-order valence-corrected chi connectivity index (χ1v) is 10.1. The second kappa shape index (κ2) is 8.05. The van der Waals surface area contributed by atoms with E-state index in [1.165, 1.54) is 11.8 Å². The molecular formula is C17H29N5O2S. The van der Waals surface area contributed by atoms with E-state index in [-0.39, 0.29) is 17.6 Å². The summed E-state index contributed by atoms with van der Waals surface area (Å²) in [5.74, 6) is 0.375. The van der Waals surface area contributed by atoms with Gasteiger partial charge in [0.2, 0.25) is 5.91 Å². The Balaban J connectivity index is 1.37. The van der Waals surface area contributed by atoms with E-state index in [2.05, 4.69) is 34.3 Å². The Morgan fingerprint density at radius 3 is 2.84 bits per heavy atom. The minimum Gasteiger partial charge on any atom is -0.370 e. The van der Waals surface area contributed by atoms with E-state index in [4.69, 9.17) is 4.74 Å². The number of ether oxygens (including phenoxy) is 1. The van der Waals surface area contributed by atoms with Gasteiger partial charge in [0.05, 0.1) is 17.5 Å². The number of rotatable bonds is 6. The molecule has 1 atom stereocenters. The molecule has 1 aromatic heterocycles. The fraction of sp³-hybridized carbons (Fsp3) is 0.824. The molecule has 3 heterocycles. The number of piperidine rings is 1. The molecule has 2 saturated heterocycles. The molecule has 25 heavy (non-hydrogen) atoms. The van der Waals surface area contributed by atoms with Crippen molar-refractivity contribution in [3.63, 3.8) is 0 Å². The molecular weight excluding hydrogens is 338 g/mol. The lowest BCUT2D eigenvalue weighted by Crippen LogP contribution is -2.47. The minimum atomic E-state index is 0.0205. The van der Waals surface area contributed by atoms with Gasteiger partial charge in [0.15, 0.2) is 5.16 Å². The number of amides is 1. The summed E-state index contributed by atoms with van der Waals surface area (Å²) in [7, 11) is 1.87. The molecule has 2 fully saturated rings. The average molecular weight is 368 g/mol. The van der Waals surface area contributed by atoms with Crippen LogP contribution >= 0.6 is 11.8 Å². The first kappa shape index (κ1) is 18.7. The molecule has 0 aromatic carbocycles. The number of nitrogens with one attached hydrogen (secondary N) is 1. The van der Waals surface area contributed by atoms with Gasteiger partial charge in [-0.1, -0.05) is 11.8 Å². The van der Waals surface area contributed by atoms with Crippen molar-refractivity contribution in [2.75, 3.05) is 25.4 Å². The predicted molar refractivity (Wildman–Crippen MR) is 97.5 cm³/mol. The lowest BCUT2D eigenvalue weighted by atomic mass is 9.88. The van der Waals surface area contributed by atoms with Crippen LogP contribution in [0.5, 0.6) is 0 Å². The molecule has 1 N–H and O–H groups in total. The molecule has 1 amide bonds. The Hall–Kier alpha value is -1.12. The monoisotopic (exact) mass is 367 g/mol. The van der Waals surface area contributed by atoms with Gasteiger partial charge in [-0.2, -0.15) is 0 Å². The quantitative estimate of drug-likeness (QED) is 0.767. The fourth-order valence-electron chi connectivity index (χ4n) is 3.67. The van der Waals surface area contributed by atoms with E-state index >= 15 is 0 Å². The van der Waals surface area contributed by atoms with Crippen molar-refractivity contribution in [3.8, 4) is 0 Å². The molecule has 0 bridgehead atoms. The van der Waals surface area contributed by atoms with E-state index in [1.54, 1.807) is 6.33 Å². The second-order valence-corrected chi connectivity index (χ2v) is 8.35. The average Bonchev–Trinajstić information content (AvgIpc) is 3.18. The number of carbonyl (C=O) groups is 1. The number of carbonyl (C=O) groups excluding carboxylic acids is 1. The Morgan fingerprint density at radius 2 is 2.20 bits per heavy atom. The molecule has 8 heteroatoms. The Morgan fingerprint density at radius 1 is 1.44 bits per heavy atom. The highest BCUT2D eigenvalue weighted by molar-refractivity contribution is 7.99. The number of nitrogens with zero attached hydrogens (tertiary/aromatic N) is 4. The summed E-state index contributed by atoms with van der Waals surface area (Å²) in [4.78, 5) is 14.6. The maximum atomic E-state index is 12.0. The van der Waals surface area contributed by atoms with Gasteiger partial charge in [-0.3, -0.25) is 4.79 Å². The van der Waals surface area contributed by atoms with Crippen LogP contribution in [0.15, 0.2) is 11.5 Å². The zero-order valence-electron chi connectivity index (χ0n) is 15.4. The zero-order chi connectivity index (χ0) is 17.9. The van der Waals surface area contributed by atoms with E-state index in [0.717, 1.165) is 43.9 Å². The summed E-state index contributed by atoms with van der Waals surface area (Å²) in [5.41, 5.74) is 0.0498. The molecule has 0 radical (unpaired) electrons. The molecule has 0 saturated carbocycles. The SMILES string of the molecule is CC(C)N1CCC2(CC[C@H](CNC(=O)CSc3nncn3C)O2)CC1. The summed E-state index contributed by atoms with van der Waals surface area (Å²) in [6.07, 6.45) is 6.16. The largest absolute Gasteiger partial charge is 0.370 e. The molecule has 1 spiro atoms. The van der Waals surface area contributed by atoms with Crippen LogP contribution in [0.25, 0.3) is 0 Å². The summed E-state index contributed by atoms with van der Waals surface area (Å²) < 4.78 is 8.17. The van der Waals surface area contributed by atoms with Crippen molar-refractivity contribution in [1.29, 1.82) is 0 Å². The maximum Gasteiger partial charge on any atom is 0.230 e. The third-order valence-corrected chi connectivity index (χ3v) is 6.34. The van der Waals surface area contributed by atoms with Crippen LogP contribution in [-0.2, 0) is 16.6 Å². The fourth-order valence-corrected chi connectivity index (χ4v) is 4.38. The highest BCUT2D eigenvalue weighted by Crippen LogP contribution is 2.39. The number of aromatic nitrogens is 3. The lowest BCUT2D eigenvalue weighted by molar-refractivity contribution is -0.120. The van der Waals surface area contributed by atoms with Crippen LogP contribution in [0.4, 0.5) is 0 Å². The number of hydrogen-bond donors (Lipinski definition) is 1. The van der Waals surface area contributed by atoms with Crippen LogP contribution in [0.3, 0.4) is 0 Å². The number of hydrogen-bond acceptors (Lipinski definition) is 6. The van der Waals surface area contributed by atoms with Crippen LogP contribution in [0, 0.1) is 0 Å². The van der Waals surface area contributed by atoms with Gasteiger partial charge in [0, 0.05) is 32.7 Å². The topological polar surface area (TPSA) is 72.3 Å². The van der Waals surface area contributed by atoms with Crippen LogP contribution in [0.1, 0.15) is 39.5 Å². The van der Waals surface area contributed by atoms with E-state index in [9.17, 15) is 4.79 Å². The van der Waals surface area contributed by atoms with Gasteiger partial charge >= 0.3 is 0 Å². The Bertz CT molecular complexity index is 583. The van der Waals surface area contributed by atoms with E-state index < -0.39 is 0 Å². The predicted octanol–water partition coefficient (Wildman–Crippen LogP) is 1.45. The van der Waals surface area contributed by atoms with Crippen molar-refractivity contribution in [2.45, 2.75) is 62.4 Å². The summed E-state index contributed by atoms with van der Waals surface area (Å²) in [6.45, 7) is 7.35. The van der Waals surface area contributed by atoms with Gasteiger partial charge in [0.1, 0.15) is 6.33 Å². The van der Waals surface area contributed by atoms with Gasteiger partial charge in [-0.15, -0.1) is 10.2 Å². The molecule has 1 aromatic rings. The molecule has 7 nitrogen and oxygen atoms in total. The third-order valence-electron chi connectivity index (χ3n) is 5.31. The molecule has 140 valence electrons. The number of likely N-dealkylation sites (tertiary alicyclic amines) is 1. The van der Waals surface area contributed by atoms with Crippen molar-refractivity contribution in [1.82, 2.24) is 25.0 Å². The van der Waals surface area contributed by atoms with Gasteiger partial charge < -0.3 is 19.5 Å². The maximum absolute atomic E-state index is 12.0. The van der Waals surface area contributed by atoms with Gasteiger partial charge in [-0.25, -0.2) is 0 Å². The van der Waals surface area contributed by atoms with E-state index in [0.29, 0.717) is 18.3 Å². The molecule has 0 unspecified atom stereocenters. The smallest absolute Gasteiger partial charge is 0.230 e. The number of thioether (sulfide) groups is 1. The Labute approximate surface area is 153 Å². The highest BCUT2D eigenvalue weighted by Gasteiger charge is 2.42. The molecule has 3 rings (SSSR count). The van der Waals surface area contributed by atoms with Crippen molar-refractivity contribution in [3.05, 3.63) is 6.33 Å². The Kier molecular flexibility index (Phi) is 6.01. The summed E-state index contributed by atoms with van der Waals surface area (Å²) in [5, 5.41) is 11.5. The number of aryl methyl sites for hydroxylation is 1. The third kappa shape index (κ3) is 4.74. The molecule has 2 aliphatic heterocycles. The van der Waals surface area contributed by atoms with Gasteiger partial charge in [-0.05, 0) is 39.5 Å². The molecule has 0 aliphatic carbocycles. The minimum absolute atomic E-state index is 0.0205. The van der Waals surface area contributed by atoms with Crippen molar-refractivity contribution >= 4 is 17.7 Å². The van der Waals surface area contributed by atoms with Gasteiger partial charge in [0.25, 0.3) is 0 Å². The van der Waals surface area contributed by atoms with Crippen LogP contribution in [-0.4, -0.2) is 68.7 Å². The summed E-state index contributed by atoms with van der Waals surface area (Å²) >= 11 is 1.40. The second-order valence-electron chi connectivity index (χ2n) is 7.41. The zero-order valence-corrected chi connectivity index (χ0v) is 16.2. The first-order valence-electron chi connectivity index (χ1n) is 9.13. The van der Waals surface area contributed by atoms with Crippen molar-refractivity contribution in [2.24, 2.45) is 7.05 Å². The summed E-state index contributed by atoms with van der Waals surface area (Å²) in [6, 6.07) is 0.611. The van der Waals surface area contributed by atoms with Crippen LogP contribution < -0.4 is 5.32 Å². The first-order chi connectivity index (χ1) is 12.0. The standard InChI is InChI=1S/C17H29N5O2S/c1-13(2)22-8-6-17(7-9-22)5-4-14(24-17)10-18-15(23)11-25-16-20-19-12-21(16)3/h12-14H,4-11H2,1-3H3,(H,18,23)/t14-/m1/s1. The normalized spacial score (nSPS) is 23.4. The molecule has 2 aliphatic rings.